The summed E-state index contributed by atoms with van der Waals surface area (Å²) in [5.41, 5.74) is 4.86. The zero-order chi connectivity index (χ0) is 19.5. The third kappa shape index (κ3) is 4.94. The maximum absolute atomic E-state index is 6.14. The average Bonchev–Trinajstić information content (AvgIpc) is 3.15. The van der Waals surface area contributed by atoms with E-state index in [1.165, 1.54) is 22.4 Å². The highest BCUT2D eigenvalue weighted by Crippen LogP contribution is 2.26. The van der Waals surface area contributed by atoms with Crippen LogP contribution in [0, 0.1) is 6.92 Å². The summed E-state index contributed by atoms with van der Waals surface area (Å²) in [6.45, 7) is 8.17. The normalized spacial score (nSPS) is 15.8. The maximum atomic E-state index is 6.14. The second kappa shape index (κ2) is 8.93. The number of hydrogen-bond donors (Lipinski definition) is 0. The first-order valence-corrected chi connectivity index (χ1v) is 11.1. The molecular weight excluding hydrogens is 409 g/mol. The lowest BCUT2D eigenvalue weighted by atomic mass is 10.1. The number of aromatic nitrogens is 1. The number of hydrogen-bond acceptors (Lipinski definition) is 4. The van der Waals surface area contributed by atoms with Crippen molar-refractivity contribution in [3.05, 3.63) is 74.7 Å². The van der Waals surface area contributed by atoms with Crippen molar-refractivity contribution in [1.82, 2.24) is 14.8 Å². The van der Waals surface area contributed by atoms with Crippen LogP contribution in [0.4, 0.5) is 0 Å². The van der Waals surface area contributed by atoms with Crippen LogP contribution in [0.15, 0.2) is 47.8 Å². The van der Waals surface area contributed by atoms with E-state index >= 15 is 0 Å². The molecule has 1 aliphatic heterocycles. The first kappa shape index (κ1) is 19.9. The van der Waals surface area contributed by atoms with Gasteiger partial charge < -0.3 is 0 Å². The summed E-state index contributed by atoms with van der Waals surface area (Å²) in [4.78, 5) is 9.81. The molecule has 4 rings (SSSR count). The number of piperazine rings is 1. The van der Waals surface area contributed by atoms with E-state index in [-0.39, 0.29) is 0 Å². The van der Waals surface area contributed by atoms with Crippen molar-refractivity contribution in [3.8, 4) is 10.6 Å². The Morgan fingerprint density at radius 1 is 0.929 bits per heavy atom. The lowest BCUT2D eigenvalue weighted by molar-refractivity contribution is 0.121. The Labute approximate surface area is 180 Å². The fraction of sp³-hybridized carbons (Fsp3) is 0.318. The summed E-state index contributed by atoms with van der Waals surface area (Å²) >= 11 is 13.9. The van der Waals surface area contributed by atoms with Crippen molar-refractivity contribution in [3.63, 3.8) is 0 Å². The molecule has 6 heteroatoms. The molecule has 0 bridgehead atoms. The summed E-state index contributed by atoms with van der Waals surface area (Å²) in [6, 6.07) is 14.5. The fourth-order valence-corrected chi connectivity index (χ4v) is 4.65. The molecule has 0 saturated carbocycles. The molecule has 0 unspecified atom stereocenters. The van der Waals surface area contributed by atoms with Gasteiger partial charge in [0.25, 0.3) is 0 Å². The number of aryl methyl sites for hydroxylation is 1. The molecule has 0 amide bonds. The van der Waals surface area contributed by atoms with Gasteiger partial charge >= 0.3 is 0 Å². The summed E-state index contributed by atoms with van der Waals surface area (Å²) in [7, 11) is 0. The molecule has 0 atom stereocenters. The molecule has 1 aliphatic rings. The van der Waals surface area contributed by atoms with Gasteiger partial charge in [-0.3, -0.25) is 9.80 Å². The van der Waals surface area contributed by atoms with Gasteiger partial charge in [0.2, 0.25) is 0 Å². The summed E-state index contributed by atoms with van der Waals surface area (Å²) < 4.78 is 0. The molecule has 2 aromatic carbocycles. The van der Waals surface area contributed by atoms with Crippen LogP contribution in [-0.2, 0) is 13.1 Å². The molecule has 2 heterocycles. The van der Waals surface area contributed by atoms with Gasteiger partial charge in [-0.2, -0.15) is 0 Å². The summed E-state index contributed by atoms with van der Waals surface area (Å²) in [5.74, 6) is 0. The monoisotopic (exact) mass is 431 g/mol. The molecule has 28 heavy (non-hydrogen) atoms. The van der Waals surface area contributed by atoms with Crippen LogP contribution in [0.25, 0.3) is 10.6 Å². The SMILES string of the molecule is Cc1cccc(-c2nc(CN3CCN(Cc4ccc(Cl)c(Cl)c4)CC3)cs2)c1. The first-order chi connectivity index (χ1) is 13.6. The quantitative estimate of drug-likeness (QED) is 0.512. The number of halogens is 2. The molecule has 0 N–H and O–H groups in total. The predicted octanol–water partition coefficient (Wildman–Crippen LogP) is 5.74. The highest BCUT2D eigenvalue weighted by atomic mass is 35.5. The number of nitrogens with zero attached hydrogens (tertiary/aromatic N) is 3. The number of benzene rings is 2. The Bertz CT molecular complexity index is 948. The van der Waals surface area contributed by atoms with Gasteiger partial charge in [-0.05, 0) is 30.7 Å². The van der Waals surface area contributed by atoms with Crippen molar-refractivity contribution in [1.29, 1.82) is 0 Å². The van der Waals surface area contributed by atoms with Crippen molar-refractivity contribution < 1.29 is 0 Å². The highest BCUT2D eigenvalue weighted by Gasteiger charge is 2.18. The smallest absolute Gasteiger partial charge is 0.123 e. The van der Waals surface area contributed by atoms with Crippen LogP contribution in [-0.4, -0.2) is 41.0 Å². The van der Waals surface area contributed by atoms with Gasteiger partial charge in [0, 0.05) is 50.2 Å². The van der Waals surface area contributed by atoms with Gasteiger partial charge in [-0.25, -0.2) is 4.98 Å². The zero-order valence-corrected chi connectivity index (χ0v) is 18.2. The van der Waals surface area contributed by atoms with Crippen LogP contribution in [0.2, 0.25) is 10.0 Å². The van der Waals surface area contributed by atoms with E-state index < -0.39 is 0 Å². The van der Waals surface area contributed by atoms with Gasteiger partial charge in [-0.15, -0.1) is 11.3 Å². The van der Waals surface area contributed by atoms with E-state index in [9.17, 15) is 0 Å². The molecule has 1 fully saturated rings. The lowest BCUT2D eigenvalue weighted by Gasteiger charge is -2.34. The highest BCUT2D eigenvalue weighted by molar-refractivity contribution is 7.13. The Balaban J connectivity index is 1.30. The van der Waals surface area contributed by atoms with Crippen LogP contribution in [0.5, 0.6) is 0 Å². The van der Waals surface area contributed by atoms with E-state index in [2.05, 4.69) is 52.4 Å². The Kier molecular flexibility index (Phi) is 6.34. The third-order valence-corrected chi connectivity index (χ3v) is 6.74. The largest absolute Gasteiger partial charge is 0.297 e. The molecule has 0 aliphatic carbocycles. The van der Waals surface area contributed by atoms with E-state index in [1.807, 2.05) is 12.1 Å². The average molecular weight is 432 g/mol. The van der Waals surface area contributed by atoms with E-state index in [1.54, 1.807) is 11.3 Å². The van der Waals surface area contributed by atoms with E-state index in [4.69, 9.17) is 28.2 Å². The first-order valence-electron chi connectivity index (χ1n) is 9.47. The van der Waals surface area contributed by atoms with Gasteiger partial charge in [0.05, 0.1) is 15.7 Å². The fourth-order valence-electron chi connectivity index (χ4n) is 3.52. The molecule has 0 radical (unpaired) electrons. The Morgan fingerprint density at radius 2 is 1.68 bits per heavy atom. The molecular formula is C22H23Cl2N3S. The van der Waals surface area contributed by atoms with Crippen LogP contribution >= 0.6 is 34.5 Å². The van der Waals surface area contributed by atoms with E-state index in [0.29, 0.717) is 10.0 Å². The van der Waals surface area contributed by atoms with Crippen molar-refractivity contribution in [2.24, 2.45) is 0 Å². The second-order valence-electron chi connectivity index (χ2n) is 7.31. The van der Waals surface area contributed by atoms with Crippen LogP contribution < -0.4 is 0 Å². The second-order valence-corrected chi connectivity index (χ2v) is 8.99. The molecule has 0 spiro atoms. The van der Waals surface area contributed by atoms with Crippen LogP contribution in [0.3, 0.4) is 0 Å². The molecule has 3 aromatic rings. The molecule has 1 aromatic heterocycles. The zero-order valence-electron chi connectivity index (χ0n) is 15.9. The molecule has 146 valence electrons. The summed E-state index contributed by atoms with van der Waals surface area (Å²) in [6.07, 6.45) is 0. The molecule has 3 nitrogen and oxygen atoms in total. The Morgan fingerprint density at radius 3 is 2.39 bits per heavy atom. The van der Waals surface area contributed by atoms with Gasteiger partial charge in [0.15, 0.2) is 0 Å². The van der Waals surface area contributed by atoms with Gasteiger partial charge in [0.1, 0.15) is 5.01 Å². The van der Waals surface area contributed by atoms with Crippen molar-refractivity contribution in [2.45, 2.75) is 20.0 Å². The maximum Gasteiger partial charge on any atom is 0.123 e. The van der Waals surface area contributed by atoms with E-state index in [0.717, 1.165) is 44.3 Å². The minimum Gasteiger partial charge on any atom is -0.297 e. The minimum atomic E-state index is 0.614. The van der Waals surface area contributed by atoms with Crippen LogP contribution in [0.1, 0.15) is 16.8 Å². The van der Waals surface area contributed by atoms with Crippen molar-refractivity contribution in [2.75, 3.05) is 26.2 Å². The predicted molar refractivity (Wildman–Crippen MR) is 119 cm³/mol. The number of rotatable bonds is 5. The minimum absolute atomic E-state index is 0.614. The van der Waals surface area contributed by atoms with Crippen molar-refractivity contribution >= 4 is 34.5 Å². The number of thiazole rings is 1. The standard InChI is InChI=1S/C22H23Cl2N3S/c1-16-3-2-4-18(11-16)22-25-19(15-28-22)14-27-9-7-26(8-10-27)13-17-5-6-20(23)21(24)12-17/h2-6,11-12,15H,7-10,13-14H2,1H3. The Hall–Kier alpha value is -1.43. The molecule has 1 saturated heterocycles. The van der Waals surface area contributed by atoms with Gasteiger partial charge in [-0.1, -0.05) is 53.0 Å². The summed E-state index contributed by atoms with van der Waals surface area (Å²) in [5, 5.41) is 4.55. The topological polar surface area (TPSA) is 19.4 Å². The lowest BCUT2D eigenvalue weighted by Crippen LogP contribution is -2.45. The third-order valence-electron chi connectivity index (χ3n) is 5.06.